The number of rotatable bonds is 5. The van der Waals surface area contributed by atoms with Gasteiger partial charge in [0.05, 0.1) is 0 Å². The molecule has 0 fully saturated rings. The smallest absolute Gasteiger partial charge is 0.0314 e. The Morgan fingerprint density at radius 3 is 2.14 bits per heavy atom. The van der Waals surface area contributed by atoms with Gasteiger partial charge in [0.1, 0.15) is 0 Å². The van der Waals surface area contributed by atoms with Gasteiger partial charge in [0.15, 0.2) is 0 Å². The Morgan fingerprint density at radius 1 is 1.07 bits per heavy atom. The number of nitrogens with two attached hydrogens (primary N) is 1. The van der Waals surface area contributed by atoms with E-state index in [4.69, 9.17) is 5.73 Å². The number of nitrogen functional groups attached to an aromatic ring is 1. The lowest BCUT2D eigenvalue weighted by Gasteiger charge is -2.17. The van der Waals surface area contributed by atoms with Crippen LogP contribution in [0, 0.1) is 0 Å². The summed E-state index contributed by atoms with van der Waals surface area (Å²) < 4.78 is 0. The summed E-state index contributed by atoms with van der Waals surface area (Å²) in [4.78, 5) is 2.43. The van der Waals surface area contributed by atoms with Gasteiger partial charge in [0, 0.05) is 12.2 Å². The van der Waals surface area contributed by atoms with Crippen molar-refractivity contribution in [1.82, 2.24) is 4.90 Å². The van der Waals surface area contributed by atoms with E-state index in [1.807, 2.05) is 12.1 Å². The molecule has 0 saturated carbocycles. The number of likely N-dealkylation sites (N-methyl/N-ethyl adjacent to an activating group) is 1. The lowest BCUT2D eigenvalue weighted by atomic mass is 10.1. The predicted molar refractivity (Wildman–Crippen MR) is 62.3 cm³/mol. The van der Waals surface area contributed by atoms with Gasteiger partial charge >= 0.3 is 0 Å². The Kier molecular flexibility index (Phi) is 4.47. The molecule has 2 nitrogen and oxygen atoms in total. The van der Waals surface area contributed by atoms with Crippen LogP contribution in [0.1, 0.15) is 19.4 Å². The molecule has 2 N–H and O–H groups in total. The molecular formula is C12H20N2. The Bertz CT molecular complexity index is 250. The number of benzene rings is 1. The van der Waals surface area contributed by atoms with Crippen LogP contribution in [0.3, 0.4) is 0 Å². The number of hydrogen-bond donors (Lipinski definition) is 1. The van der Waals surface area contributed by atoms with E-state index in [2.05, 4.69) is 30.9 Å². The molecule has 2 heteroatoms. The minimum Gasteiger partial charge on any atom is -0.399 e. The molecule has 0 radical (unpaired) electrons. The van der Waals surface area contributed by atoms with Crippen molar-refractivity contribution in [2.75, 3.05) is 25.4 Å². The first-order valence-electron chi connectivity index (χ1n) is 5.33. The molecule has 0 heterocycles. The molecule has 0 spiro atoms. The maximum Gasteiger partial charge on any atom is 0.0314 e. The summed E-state index contributed by atoms with van der Waals surface area (Å²) in [7, 11) is 0. The first-order chi connectivity index (χ1) is 6.76. The van der Waals surface area contributed by atoms with Gasteiger partial charge in [-0.1, -0.05) is 26.0 Å². The normalized spacial score (nSPS) is 10.8. The van der Waals surface area contributed by atoms with Crippen molar-refractivity contribution >= 4 is 5.69 Å². The highest BCUT2D eigenvalue weighted by atomic mass is 15.1. The fourth-order valence-corrected chi connectivity index (χ4v) is 1.51. The Labute approximate surface area is 86.7 Å². The molecule has 78 valence electrons. The Morgan fingerprint density at radius 2 is 1.64 bits per heavy atom. The molecule has 1 rings (SSSR count). The highest BCUT2D eigenvalue weighted by Crippen LogP contribution is 2.06. The Hall–Kier alpha value is -1.02. The lowest BCUT2D eigenvalue weighted by Crippen LogP contribution is -2.25. The van der Waals surface area contributed by atoms with Crippen LogP contribution in [0.5, 0.6) is 0 Å². The molecule has 0 unspecified atom stereocenters. The minimum atomic E-state index is 0.844. The van der Waals surface area contributed by atoms with E-state index in [0.717, 1.165) is 31.7 Å². The van der Waals surface area contributed by atoms with E-state index in [1.165, 1.54) is 5.56 Å². The number of hydrogen-bond acceptors (Lipinski definition) is 2. The van der Waals surface area contributed by atoms with Gasteiger partial charge in [-0.15, -0.1) is 0 Å². The summed E-state index contributed by atoms with van der Waals surface area (Å²) in [5.74, 6) is 0. The van der Waals surface area contributed by atoms with Crippen LogP contribution in [-0.4, -0.2) is 24.5 Å². The average molecular weight is 192 g/mol. The zero-order chi connectivity index (χ0) is 10.4. The molecule has 1 aromatic rings. The zero-order valence-corrected chi connectivity index (χ0v) is 9.16. The van der Waals surface area contributed by atoms with Gasteiger partial charge < -0.3 is 10.6 Å². The van der Waals surface area contributed by atoms with Crippen molar-refractivity contribution in [3.05, 3.63) is 29.8 Å². The van der Waals surface area contributed by atoms with E-state index in [0.29, 0.717) is 0 Å². The van der Waals surface area contributed by atoms with Gasteiger partial charge in [0.25, 0.3) is 0 Å². The van der Waals surface area contributed by atoms with Crippen LogP contribution in [0.15, 0.2) is 24.3 Å². The topological polar surface area (TPSA) is 29.3 Å². The monoisotopic (exact) mass is 192 g/mol. The molecule has 0 atom stereocenters. The van der Waals surface area contributed by atoms with Crippen LogP contribution in [0.2, 0.25) is 0 Å². The third-order valence-electron chi connectivity index (χ3n) is 2.59. The van der Waals surface area contributed by atoms with Crippen molar-refractivity contribution < 1.29 is 0 Å². The molecule has 0 saturated heterocycles. The number of anilines is 1. The van der Waals surface area contributed by atoms with Crippen LogP contribution in [0.4, 0.5) is 5.69 Å². The first-order valence-corrected chi connectivity index (χ1v) is 5.33. The fraction of sp³-hybridized carbons (Fsp3) is 0.500. The third kappa shape index (κ3) is 3.38. The van der Waals surface area contributed by atoms with Crippen LogP contribution in [-0.2, 0) is 6.42 Å². The van der Waals surface area contributed by atoms with Gasteiger partial charge in [0.2, 0.25) is 0 Å². The van der Waals surface area contributed by atoms with E-state index in [9.17, 15) is 0 Å². The summed E-state index contributed by atoms with van der Waals surface area (Å²) in [5.41, 5.74) is 7.84. The summed E-state index contributed by atoms with van der Waals surface area (Å²) in [6.07, 6.45) is 1.11. The second-order valence-corrected chi connectivity index (χ2v) is 3.52. The highest BCUT2D eigenvalue weighted by Gasteiger charge is 1.99. The van der Waals surface area contributed by atoms with Gasteiger partial charge in [-0.05, 0) is 37.2 Å². The summed E-state index contributed by atoms with van der Waals surface area (Å²) in [6, 6.07) is 8.16. The largest absolute Gasteiger partial charge is 0.399 e. The van der Waals surface area contributed by atoms with Crippen LogP contribution < -0.4 is 5.73 Å². The third-order valence-corrected chi connectivity index (χ3v) is 2.59. The Balaban J connectivity index is 2.41. The molecule has 0 amide bonds. The maximum absolute atomic E-state index is 5.62. The SMILES string of the molecule is CCN(CC)CCc1ccc(N)cc1. The lowest BCUT2D eigenvalue weighted by molar-refractivity contribution is 0.308. The van der Waals surface area contributed by atoms with E-state index >= 15 is 0 Å². The number of nitrogens with zero attached hydrogens (tertiary/aromatic N) is 1. The predicted octanol–water partition coefficient (Wildman–Crippen LogP) is 2.15. The van der Waals surface area contributed by atoms with Crippen molar-refractivity contribution in [2.24, 2.45) is 0 Å². The molecule has 1 aromatic carbocycles. The molecule has 14 heavy (non-hydrogen) atoms. The summed E-state index contributed by atoms with van der Waals surface area (Å²) in [6.45, 7) is 7.80. The second kappa shape index (κ2) is 5.66. The molecule has 0 aliphatic carbocycles. The molecule has 0 aromatic heterocycles. The summed E-state index contributed by atoms with van der Waals surface area (Å²) in [5, 5.41) is 0. The van der Waals surface area contributed by atoms with Crippen molar-refractivity contribution in [3.8, 4) is 0 Å². The van der Waals surface area contributed by atoms with Crippen LogP contribution >= 0.6 is 0 Å². The maximum atomic E-state index is 5.62. The van der Waals surface area contributed by atoms with Gasteiger partial charge in [-0.2, -0.15) is 0 Å². The minimum absolute atomic E-state index is 0.844. The van der Waals surface area contributed by atoms with E-state index in [1.54, 1.807) is 0 Å². The zero-order valence-electron chi connectivity index (χ0n) is 9.16. The molecular weight excluding hydrogens is 172 g/mol. The summed E-state index contributed by atoms with van der Waals surface area (Å²) >= 11 is 0. The van der Waals surface area contributed by atoms with Crippen molar-refractivity contribution in [1.29, 1.82) is 0 Å². The average Bonchev–Trinajstić information content (AvgIpc) is 2.22. The van der Waals surface area contributed by atoms with Crippen molar-refractivity contribution in [3.63, 3.8) is 0 Å². The van der Waals surface area contributed by atoms with Gasteiger partial charge in [-0.25, -0.2) is 0 Å². The first kappa shape index (κ1) is 11.1. The fourth-order valence-electron chi connectivity index (χ4n) is 1.51. The highest BCUT2D eigenvalue weighted by molar-refractivity contribution is 5.39. The second-order valence-electron chi connectivity index (χ2n) is 3.52. The molecule has 0 bridgehead atoms. The standard InChI is InChI=1S/C12H20N2/c1-3-14(4-2)10-9-11-5-7-12(13)8-6-11/h5-8H,3-4,9-10,13H2,1-2H3. The quantitative estimate of drug-likeness (QED) is 0.724. The van der Waals surface area contributed by atoms with Gasteiger partial charge in [-0.3, -0.25) is 0 Å². The molecule has 0 aliphatic rings. The van der Waals surface area contributed by atoms with E-state index < -0.39 is 0 Å². The van der Waals surface area contributed by atoms with E-state index in [-0.39, 0.29) is 0 Å². The van der Waals surface area contributed by atoms with Crippen LogP contribution in [0.25, 0.3) is 0 Å². The van der Waals surface area contributed by atoms with Crippen molar-refractivity contribution in [2.45, 2.75) is 20.3 Å². The molecule has 0 aliphatic heterocycles.